The molecule has 3 amide bonds. The smallest absolute Gasteiger partial charge is 0.321 e. The lowest BCUT2D eigenvalue weighted by Crippen LogP contribution is -2.51. The van der Waals surface area contributed by atoms with Crippen molar-refractivity contribution >= 4 is 23.3 Å². The minimum Gasteiger partial charge on any atom is -0.326 e. The number of urea groups is 1. The van der Waals surface area contributed by atoms with Crippen LogP contribution >= 0.6 is 0 Å². The first-order valence-corrected chi connectivity index (χ1v) is 10.2. The number of amides is 3. The number of anilines is 2. The summed E-state index contributed by atoms with van der Waals surface area (Å²) in [6, 6.07) is 7.26. The number of likely N-dealkylation sites (tertiary alicyclic amines) is 1. The normalized spacial score (nSPS) is 26.1. The Morgan fingerprint density at radius 3 is 2.15 bits per heavy atom. The van der Waals surface area contributed by atoms with E-state index in [9.17, 15) is 9.59 Å². The molecule has 0 bridgehead atoms. The molecular weight excluding hydrogens is 340 g/mol. The number of benzene rings is 1. The van der Waals surface area contributed by atoms with Gasteiger partial charge in [0.25, 0.3) is 0 Å². The molecule has 6 heteroatoms. The molecule has 1 saturated heterocycles. The van der Waals surface area contributed by atoms with Crippen molar-refractivity contribution in [3.63, 3.8) is 0 Å². The first-order valence-electron chi connectivity index (χ1n) is 10.2. The fraction of sp³-hybridized carbons (Fsp3) is 0.619. The first-order chi connectivity index (χ1) is 13.0. The second-order valence-corrected chi connectivity index (χ2v) is 8.20. The van der Waals surface area contributed by atoms with E-state index in [1.807, 2.05) is 36.1 Å². The van der Waals surface area contributed by atoms with Crippen LogP contribution in [0.15, 0.2) is 24.3 Å². The number of nitrogens with one attached hydrogen (secondary N) is 2. The van der Waals surface area contributed by atoms with Gasteiger partial charge in [0.2, 0.25) is 5.91 Å². The third-order valence-electron chi connectivity index (χ3n) is 5.87. The highest BCUT2D eigenvalue weighted by Crippen LogP contribution is 2.32. The number of carbonyl (C=O) groups excluding carboxylic acids is 2. The van der Waals surface area contributed by atoms with Crippen LogP contribution in [0.25, 0.3) is 0 Å². The Hall–Kier alpha value is -2.08. The summed E-state index contributed by atoms with van der Waals surface area (Å²) < 4.78 is 0. The molecule has 1 saturated carbocycles. The number of nitrogens with zero attached hydrogens (tertiary/aromatic N) is 1. The third kappa shape index (κ3) is 5.22. The number of carbonyl (C=O) groups is 2. The molecule has 3 rings (SSSR count). The summed E-state index contributed by atoms with van der Waals surface area (Å²) >= 11 is 0. The van der Waals surface area contributed by atoms with Crippen molar-refractivity contribution in [1.82, 2.24) is 4.90 Å². The number of hydrogen-bond acceptors (Lipinski definition) is 3. The van der Waals surface area contributed by atoms with E-state index in [-0.39, 0.29) is 17.9 Å². The first kappa shape index (κ1) is 19.7. The lowest BCUT2D eigenvalue weighted by molar-refractivity contribution is -0.122. The predicted molar refractivity (Wildman–Crippen MR) is 109 cm³/mol. The van der Waals surface area contributed by atoms with Crippen molar-refractivity contribution < 1.29 is 9.59 Å². The summed E-state index contributed by atoms with van der Waals surface area (Å²) in [5.74, 6) is -0.172. The molecule has 2 atom stereocenters. The van der Waals surface area contributed by atoms with Crippen molar-refractivity contribution in [2.24, 2.45) is 11.7 Å². The van der Waals surface area contributed by atoms with Crippen molar-refractivity contribution in [2.75, 3.05) is 23.7 Å². The van der Waals surface area contributed by atoms with Crippen molar-refractivity contribution in [2.45, 2.75) is 63.8 Å². The Labute approximate surface area is 161 Å². The lowest BCUT2D eigenvalue weighted by atomic mass is 9.74. The van der Waals surface area contributed by atoms with E-state index < -0.39 is 5.54 Å². The standard InChI is InChI=1S/C21H32N4O2/c1-21(22)13-5-4-8-18(21)19(26)23-16-9-11-17(12-10-16)24-20(27)25-14-6-2-3-7-15-25/h9-12,18H,2-8,13-15,22H2,1H3,(H,23,26)(H,24,27). The zero-order valence-corrected chi connectivity index (χ0v) is 16.3. The van der Waals surface area contributed by atoms with Gasteiger partial charge in [0.15, 0.2) is 0 Å². The average Bonchev–Trinajstić information content (AvgIpc) is 2.92. The molecule has 1 heterocycles. The largest absolute Gasteiger partial charge is 0.326 e. The highest BCUT2D eigenvalue weighted by molar-refractivity contribution is 5.94. The number of rotatable bonds is 3. The highest BCUT2D eigenvalue weighted by Gasteiger charge is 2.37. The minimum atomic E-state index is -0.441. The van der Waals surface area contributed by atoms with Gasteiger partial charge in [-0.3, -0.25) is 4.79 Å². The molecule has 2 unspecified atom stereocenters. The van der Waals surface area contributed by atoms with Crippen molar-refractivity contribution in [3.8, 4) is 0 Å². The van der Waals surface area contributed by atoms with E-state index in [0.29, 0.717) is 0 Å². The van der Waals surface area contributed by atoms with Crippen LogP contribution < -0.4 is 16.4 Å². The molecule has 1 aromatic carbocycles. The lowest BCUT2D eigenvalue weighted by Gasteiger charge is -2.37. The van der Waals surface area contributed by atoms with Gasteiger partial charge in [-0.15, -0.1) is 0 Å². The Morgan fingerprint density at radius 2 is 1.56 bits per heavy atom. The van der Waals surface area contributed by atoms with Gasteiger partial charge in [-0.1, -0.05) is 25.7 Å². The topological polar surface area (TPSA) is 87.5 Å². The maximum Gasteiger partial charge on any atom is 0.321 e. The molecule has 1 aliphatic carbocycles. The van der Waals surface area contributed by atoms with E-state index in [2.05, 4.69) is 10.6 Å². The van der Waals surface area contributed by atoms with Crippen LogP contribution in [-0.2, 0) is 4.79 Å². The van der Waals surface area contributed by atoms with E-state index in [0.717, 1.165) is 63.0 Å². The fourth-order valence-corrected chi connectivity index (χ4v) is 4.13. The molecule has 0 spiro atoms. The average molecular weight is 373 g/mol. The summed E-state index contributed by atoms with van der Waals surface area (Å²) in [5, 5.41) is 5.93. The van der Waals surface area contributed by atoms with Crippen LogP contribution in [0.5, 0.6) is 0 Å². The monoisotopic (exact) mass is 372 g/mol. The molecule has 27 heavy (non-hydrogen) atoms. The Kier molecular flexibility index (Phi) is 6.37. The molecule has 4 N–H and O–H groups in total. The van der Waals surface area contributed by atoms with Gasteiger partial charge in [-0.25, -0.2) is 4.79 Å². The van der Waals surface area contributed by atoms with Crippen LogP contribution in [0.3, 0.4) is 0 Å². The van der Waals surface area contributed by atoms with E-state index in [1.165, 1.54) is 12.8 Å². The molecule has 0 radical (unpaired) electrons. The van der Waals surface area contributed by atoms with Crippen LogP contribution in [0, 0.1) is 5.92 Å². The number of hydrogen-bond donors (Lipinski definition) is 3. The van der Waals surface area contributed by atoms with Crippen molar-refractivity contribution in [3.05, 3.63) is 24.3 Å². The van der Waals surface area contributed by atoms with Gasteiger partial charge in [0.05, 0.1) is 5.92 Å². The van der Waals surface area contributed by atoms with Gasteiger partial charge in [-0.2, -0.15) is 0 Å². The molecule has 6 nitrogen and oxygen atoms in total. The second kappa shape index (κ2) is 8.74. The molecule has 1 aliphatic heterocycles. The van der Waals surface area contributed by atoms with Gasteiger partial charge in [0, 0.05) is 30.0 Å². The molecule has 1 aromatic rings. The SMILES string of the molecule is CC1(N)CCCCC1C(=O)Nc1ccc(NC(=O)N2CCCCCC2)cc1. The third-order valence-corrected chi connectivity index (χ3v) is 5.87. The van der Waals surface area contributed by atoms with Crippen LogP contribution in [0.2, 0.25) is 0 Å². The van der Waals surface area contributed by atoms with Gasteiger partial charge < -0.3 is 21.3 Å². The maximum absolute atomic E-state index is 12.6. The Morgan fingerprint density at radius 1 is 0.963 bits per heavy atom. The van der Waals surface area contributed by atoms with Gasteiger partial charge >= 0.3 is 6.03 Å². The molecule has 2 fully saturated rings. The summed E-state index contributed by atoms with van der Waals surface area (Å²) in [6.07, 6.45) is 8.38. The van der Waals surface area contributed by atoms with Crippen LogP contribution in [-0.4, -0.2) is 35.5 Å². The van der Waals surface area contributed by atoms with E-state index in [4.69, 9.17) is 5.73 Å². The highest BCUT2D eigenvalue weighted by atomic mass is 16.2. The Balaban J connectivity index is 1.55. The zero-order chi connectivity index (χ0) is 19.3. The van der Waals surface area contributed by atoms with E-state index >= 15 is 0 Å². The van der Waals surface area contributed by atoms with Crippen LogP contribution in [0.4, 0.5) is 16.2 Å². The van der Waals surface area contributed by atoms with Crippen molar-refractivity contribution in [1.29, 1.82) is 0 Å². The summed E-state index contributed by atoms with van der Waals surface area (Å²) in [7, 11) is 0. The summed E-state index contributed by atoms with van der Waals surface area (Å²) in [5.41, 5.74) is 7.35. The fourth-order valence-electron chi connectivity index (χ4n) is 4.13. The maximum atomic E-state index is 12.6. The molecule has 2 aliphatic rings. The number of nitrogens with two attached hydrogens (primary N) is 1. The van der Waals surface area contributed by atoms with Gasteiger partial charge in [0.1, 0.15) is 0 Å². The predicted octanol–water partition coefficient (Wildman–Crippen LogP) is 3.94. The van der Waals surface area contributed by atoms with Crippen LogP contribution in [0.1, 0.15) is 58.3 Å². The molecule has 148 valence electrons. The Bertz CT molecular complexity index is 649. The van der Waals surface area contributed by atoms with E-state index in [1.54, 1.807) is 0 Å². The zero-order valence-electron chi connectivity index (χ0n) is 16.3. The summed E-state index contributed by atoms with van der Waals surface area (Å²) in [6.45, 7) is 3.61. The molecule has 0 aromatic heterocycles. The second-order valence-electron chi connectivity index (χ2n) is 8.20. The van der Waals surface area contributed by atoms with Gasteiger partial charge in [-0.05, 0) is 56.9 Å². The quantitative estimate of drug-likeness (QED) is 0.751. The minimum absolute atomic E-state index is 0.0129. The molecular formula is C21H32N4O2. The summed E-state index contributed by atoms with van der Waals surface area (Å²) in [4.78, 5) is 26.9.